The molecule has 0 aromatic carbocycles. The van der Waals surface area contributed by atoms with Crippen molar-refractivity contribution >= 4 is 23.1 Å². The number of thiazole rings is 1. The lowest BCUT2D eigenvalue weighted by Crippen LogP contribution is -2.34. The van der Waals surface area contributed by atoms with Crippen LogP contribution in [0.25, 0.3) is 11.5 Å². The highest BCUT2D eigenvalue weighted by molar-refractivity contribution is 7.99. The molecule has 3 rings (SSSR count). The quantitative estimate of drug-likeness (QED) is 0.914. The Bertz CT molecular complexity index is 514. The molecule has 2 aromatic rings. The fraction of sp³-hybridized carbons (Fsp3) is 0.583. The molecule has 0 saturated carbocycles. The topological polar surface area (TPSA) is 63.8 Å². The van der Waals surface area contributed by atoms with E-state index in [2.05, 4.69) is 27.4 Å². The maximum atomic E-state index is 5.43. The van der Waals surface area contributed by atoms with Crippen LogP contribution in [-0.4, -0.2) is 39.2 Å². The van der Waals surface area contributed by atoms with Crippen LogP contribution in [0.5, 0.6) is 0 Å². The third-order valence-corrected chi connectivity index (χ3v) is 4.93. The zero-order valence-corrected chi connectivity index (χ0v) is 12.3. The van der Waals surface area contributed by atoms with Crippen LogP contribution in [0.1, 0.15) is 25.2 Å². The van der Waals surface area contributed by atoms with Crippen molar-refractivity contribution in [1.29, 1.82) is 0 Å². The summed E-state index contributed by atoms with van der Waals surface area (Å²) >= 11 is 3.48. The highest BCUT2D eigenvalue weighted by Crippen LogP contribution is 2.32. The summed E-state index contributed by atoms with van der Waals surface area (Å²) in [6.45, 7) is 3.21. The molecular weight excluding hydrogens is 280 g/mol. The van der Waals surface area contributed by atoms with E-state index >= 15 is 0 Å². The Morgan fingerprint density at radius 2 is 2.42 bits per heavy atom. The van der Waals surface area contributed by atoms with Crippen LogP contribution < -0.4 is 5.32 Å². The number of nitrogens with zero attached hydrogens (tertiary/aromatic N) is 3. The molecule has 2 unspecified atom stereocenters. The van der Waals surface area contributed by atoms with E-state index in [1.807, 2.05) is 17.1 Å². The molecule has 0 aliphatic carbocycles. The number of rotatable bonds is 5. The number of thioether (sulfide) groups is 1. The maximum absolute atomic E-state index is 5.43. The molecule has 7 heteroatoms. The van der Waals surface area contributed by atoms with Crippen LogP contribution >= 0.6 is 23.1 Å². The first-order valence-corrected chi connectivity index (χ1v) is 8.51. The molecule has 102 valence electrons. The Morgan fingerprint density at radius 3 is 3.21 bits per heavy atom. The molecule has 1 aliphatic heterocycles. The van der Waals surface area contributed by atoms with Gasteiger partial charge in [0.05, 0.1) is 11.4 Å². The standard InChI is InChI=1S/C12H16N4OS2/c1-2-3-13-9-5-18-4-8(9)12-15-11(16-17-12)10-6-19-7-14-10/h6-9,13H,2-5H2,1H3. The molecule has 1 saturated heterocycles. The van der Waals surface area contributed by atoms with Crippen molar-refractivity contribution in [2.75, 3.05) is 18.1 Å². The molecular formula is C12H16N4OS2. The van der Waals surface area contributed by atoms with Gasteiger partial charge in [-0.1, -0.05) is 12.1 Å². The van der Waals surface area contributed by atoms with Gasteiger partial charge in [0.15, 0.2) is 0 Å². The van der Waals surface area contributed by atoms with Crippen LogP contribution in [0.15, 0.2) is 15.4 Å². The molecule has 0 amide bonds. The van der Waals surface area contributed by atoms with Gasteiger partial charge < -0.3 is 9.84 Å². The summed E-state index contributed by atoms with van der Waals surface area (Å²) in [4.78, 5) is 8.71. The van der Waals surface area contributed by atoms with Crippen LogP contribution in [0.4, 0.5) is 0 Å². The summed E-state index contributed by atoms with van der Waals surface area (Å²) in [7, 11) is 0. The first-order valence-electron chi connectivity index (χ1n) is 6.41. The Balaban J connectivity index is 1.75. The van der Waals surface area contributed by atoms with Crippen molar-refractivity contribution < 1.29 is 4.52 Å². The van der Waals surface area contributed by atoms with Gasteiger partial charge in [-0.2, -0.15) is 16.7 Å². The van der Waals surface area contributed by atoms with E-state index in [0.717, 1.165) is 36.1 Å². The maximum Gasteiger partial charge on any atom is 0.232 e. The van der Waals surface area contributed by atoms with E-state index in [4.69, 9.17) is 4.52 Å². The summed E-state index contributed by atoms with van der Waals surface area (Å²) in [5.41, 5.74) is 2.58. The van der Waals surface area contributed by atoms with Crippen LogP contribution in [0.3, 0.4) is 0 Å². The van der Waals surface area contributed by atoms with Crippen molar-refractivity contribution in [2.45, 2.75) is 25.3 Å². The molecule has 2 atom stereocenters. The minimum atomic E-state index is 0.316. The highest BCUT2D eigenvalue weighted by atomic mass is 32.2. The summed E-state index contributed by atoms with van der Waals surface area (Å²) in [5.74, 6) is 3.81. The van der Waals surface area contributed by atoms with Gasteiger partial charge in [0.25, 0.3) is 0 Å². The van der Waals surface area contributed by atoms with Gasteiger partial charge in [0, 0.05) is 22.9 Å². The average molecular weight is 296 g/mol. The zero-order chi connectivity index (χ0) is 13.1. The summed E-state index contributed by atoms with van der Waals surface area (Å²) in [5, 5.41) is 9.54. The predicted molar refractivity (Wildman–Crippen MR) is 77.6 cm³/mol. The minimum Gasteiger partial charge on any atom is -0.339 e. The van der Waals surface area contributed by atoms with E-state index in [-0.39, 0.29) is 0 Å². The van der Waals surface area contributed by atoms with E-state index < -0.39 is 0 Å². The molecule has 1 N–H and O–H groups in total. The molecule has 1 aliphatic rings. The third-order valence-electron chi connectivity index (χ3n) is 3.16. The van der Waals surface area contributed by atoms with E-state index in [9.17, 15) is 0 Å². The number of aromatic nitrogens is 3. The molecule has 1 fully saturated rings. The SMILES string of the molecule is CCCNC1CSCC1c1nc(-c2cscn2)no1. The second-order valence-corrected chi connectivity index (χ2v) is 6.33. The number of hydrogen-bond acceptors (Lipinski definition) is 7. The molecule has 0 radical (unpaired) electrons. The lowest BCUT2D eigenvalue weighted by molar-refractivity contribution is 0.339. The Morgan fingerprint density at radius 1 is 1.47 bits per heavy atom. The summed E-state index contributed by atoms with van der Waals surface area (Å²) in [6, 6.07) is 0.439. The van der Waals surface area contributed by atoms with Crippen molar-refractivity contribution in [3.05, 3.63) is 16.8 Å². The Labute approximate surface area is 120 Å². The molecule has 2 aromatic heterocycles. The molecule has 0 spiro atoms. The van der Waals surface area contributed by atoms with E-state index in [1.54, 1.807) is 5.51 Å². The number of nitrogens with one attached hydrogen (secondary N) is 1. The highest BCUT2D eigenvalue weighted by Gasteiger charge is 2.33. The molecule has 0 bridgehead atoms. The zero-order valence-electron chi connectivity index (χ0n) is 10.7. The average Bonchev–Trinajstić information content (AvgIpc) is 3.14. The first kappa shape index (κ1) is 13.1. The van der Waals surface area contributed by atoms with Crippen LogP contribution in [0.2, 0.25) is 0 Å². The monoisotopic (exact) mass is 296 g/mol. The molecule has 19 heavy (non-hydrogen) atoms. The lowest BCUT2D eigenvalue weighted by Gasteiger charge is -2.16. The largest absolute Gasteiger partial charge is 0.339 e. The molecule has 5 nitrogen and oxygen atoms in total. The van der Waals surface area contributed by atoms with Gasteiger partial charge in [0.2, 0.25) is 11.7 Å². The van der Waals surface area contributed by atoms with Gasteiger partial charge in [-0.15, -0.1) is 11.3 Å². The van der Waals surface area contributed by atoms with Crippen LogP contribution in [0, 0.1) is 0 Å². The number of hydrogen-bond donors (Lipinski definition) is 1. The fourth-order valence-electron chi connectivity index (χ4n) is 2.14. The van der Waals surface area contributed by atoms with E-state index in [0.29, 0.717) is 17.8 Å². The van der Waals surface area contributed by atoms with Crippen molar-refractivity contribution in [3.63, 3.8) is 0 Å². The third kappa shape index (κ3) is 2.82. The Hall–Kier alpha value is -0.920. The van der Waals surface area contributed by atoms with E-state index in [1.165, 1.54) is 11.3 Å². The predicted octanol–water partition coefficient (Wildman–Crippen LogP) is 2.39. The van der Waals surface area contributed by atoms with Crippen molar-refractivity contribution in [1.82, 2.24) is 20.4 Å². The molecule has 3 heterocycles. The lowest BCUT2D eigenvalue weighted by atomic mass is 10.0. The summed E-state index contributed by atoms with van der Waals surface area (Å²) in [6.07, 6.45) is 1.14. The van der Waals surface area contributed by atoms with Gasteiger partial charge in [0.1, 0.15) is 5.69 Å². The van der Waals surface area contributed by atoms with Gasteiger partial charge in [-0.05, 0) is 13.0 Å². The Kier molecular flexibility index (Phi) is 4.15. The second kappa shape index (κ2) is 6.02. The van der Waals surface area contributed by atoms with Gasteiger partial charge in [-0.3, -0.25) is 0 Å². The summed E-state index contributed by atoms with van der Waals surface area (Å²) < 4.78 is 5.43. The minimum absolute atomic E-state index is 0.316. The van der Waals surface area contributed by atoms with Crippen LogP contribution in [-0.2, 0) is 0 Å². The van der Waals surface area contributed by atoms with Crippen molar-refractivity contribution in [3.8, 4) is 11.5 Å². The first-order chi connectivity index (χ1) is 9.38. The second-order valence-electron chi connectivity index (χ2n) is 4.53. The van der Waals surface area contributed by atoms with Gasteiger partial charge in [-0.25, -0.2) is 4.98 Å². The fourth-order valence-corrected chi connectivity index (χ4v) is 4.04. The van der Waals surface area contributed by atoms with Crippen molar-refractivity contribution in [2.24, 2.45) is 0 Å². The van der Waals surface area contributed by atoms with Gasteiger partial charge >= 0.3 is 0 Å². The smallest absolute Gasteiger partial charge is 0.232 e. The normalized spacial score (nSPS) is 23.0.